The van der Waals surface area contributed by atoms with Gasteiger partial charge in [-0.3, -0.25) is 0 Å². The van der Waals surface area contributed by atoms with Crippen molar-refractivity contribution < 1.29 is 9.53 Å². The summed E-state index contributed by atoms with van der Waals surface area (Å²) in [6, 6.07) is 1.88. The van der Waals surface area contributed by atoms with E-state index in [1.54, 1.807) is 12.3 Å². The first-order valence-electron chi connectivity index (χ1n) is 7.17. The molecule has 0 bridgehead atoms. The summed E-state index contributed by atoms with van der Waals surface area (Å²) in [5, 5.41) is 8.96. The first-order chi connectivity index (χ1) is 9.54. The van der Waals surface area contributed by atoms with Crippen molar-refractivity contribution in [2.45, 2.75) is 39.5 Å². The zero-order valence-electron chi connectivity index (χ0n) is 13.1. The molecule has 0 fully saturated rings. The molecule has 0 aromatic rings. The van der Waals surface area contributed by atoms with E-state index in [-0.39, 0.29) is 5.57 Å². The fourth-order valence-corrected chi connectivity index (χ4v) is 1.63. The molecule has 20 heavy (non-hydrogen) atoms. The van der Waals surface area contributed by atoms with Crippen molar-refractivity contribution in [3.05, 3.63) is 23.9 Å². The largest absolute Gasteiger partial charge is 0.461 e. The maximum Gasteiger partial charge on any atom is 0.348 e. The average Bonchev–Trinajstić information content (AvgIpc) is 2.43. The molecular formula is C16H26N2O2. The highest BCUT2D eigenvalue weighted by molar-refractivity contribution is 5.93. The molecule has 0 heterocycles. The van der Waals surface area contributed by atoms with Crippen LogP contribution in [0.25, 0.3) is 0 Å². The number of ether oxygens (including phenoxy) is 1. The molecule has 0 aromatic carbocycles. The second-order valence-electron chi connectivity index (χ2n) is 5.01. The van der Waals surface area contributed by atoms with E-state index in [0.29, 0.717) is 12.5 Å². The molecule has 1 atom stereocenters. The van der Waals surface area contributed by atoms with Gasteiger partial charge in [0.1, 0.15) is 11.6 Å². The third-order valence-electron chi connectivity index (χ3n) is 2.98. The summed E-state index contributed by atoms with van der Waals surface area (Å²) in [6.45, 7) is 4.63. The molecule has 1 unspecified atom stereocenters. The van der Waals surface area contributed by atoms with Gasteiger partial charge in [0.2, 0.25) is 0 Å². The number of nitrogens with zero attached hydrogens (tertiary/aromatic N) is 2. The van der Waals surface area contributed by atoms with Crippen molar-refractivity contribution in [3.8, 4) is 6.07 Å². The molecule has 112 valence electrons. The van der Waals surface area contributed by atoms with E-state index in [0.717, 1.165) is 25.7 Å². The Morgan fingerprint density at radius 2 is 2.10 bits per heavy atom. The molecule has 0 rings (SSSR count). The summed E-state index contributed by atoms with van der Waals surface area (Å²) in [6.07, 6.45) is 9.24. The highest BCUT2D eigenvalue weighted by atomic mass is 16.5. The Kier molecular flexibility index (Phi) is 10.1. The van der Waals surface area contributed by atoms with E-state index in [1.165, 1.54) is 6.08 Å². The van der Waals surface area contributed by atoms with Gasteiger partial charge in [0.15, 0.2) is 0 Å². The van der Waals surface area contributed by atoms with Crippen molar-refractivity contribution in [1.82, 2.24) is 4.90 Å². The molecule has 0 aliphatic heterocycles. The molecule has 0 saturated carbocycles. The number of carbonyl (C=O) groups is 1. The zero-order valence-corrected chi connectivity index (χ0v) is 13.1. The average molecular weight is 278 g/mol. The van der Waals surface area contributed by atoms with Crippen LogP contribution in [0.15, 0.2) is 23.9 Å². The van der Waals surface area contributed by atoms with Gasteiger partial charge in [0.25, 0.3) is 0 Å². The Hall–Kier alpha value is -1.76. The van der Waals surface area contributed by atoms with Gasteiger partial charge in [-0.05, 0) is 30.7 Å². The lowest BCUT2D eigenvalue weighted by Crippen LogP contribution is -2.15. The van der Waals surface area contributed by atoms with Crippen LogP contribution in [0.2, 0.25) is 0 Å². The fourth-order valence-electron chi connectivity index (χ4n) is 1.63. The number of allylic oxidation sites excluding steroid dienone is 2. The Balaban J connectivity index is 4.38. The summed E-state index contributed by atoms with van der Waals surface area (Å²) in [4.78, 5) is 13.6. The van der Waals surface area contributed by atoms with E-state index in [2.05, 4.69) is 13.8 Å². The molecule has 0 N–H and O–H groups in total. The van der Waals surface area contributed by atoms with Gasteiger partial charge in [-0.15, -0.1) is 0 Å². The van der Waals surface area contributed by atoms with Gasteiger partial charge in [0, 0.05) is 14.1 Å². The van der Waals surface area contributed by atoms with Crippen molar-refractivity contribution in [1.29, 1.82) is 5.26 Å². The van der Waals surface area contributed by atoms with Crippen LogP contribution in [-0.4, -0.2) is 31.6 Å². The van der Waals surface area contributed by atoms with Crippen LogP contribution in [0.3, 0.4) is 0 Å². The highest BCUT2D eigenvalue weighted by Gasteiger charge is 2.13. The normalized spacial score (nSPS) is 13.1. The fraction of sp³-hybridized carbons (Fsp3) is 0.625. The summed E-state index contributed by atoms with van der Waals surface area (Å²) in [5.41, 5.74) is 0.0356. The summed E-state index contributed by atoms with van der Waals surface area (Å²) >= 11 is 0. The standard InChI is InChI=1S/C16H26N2O2/c1-5-7-9-14(6-2)13-20-16(19)15(12-17)10-8-11-18(3)4/h8,10-11,14H,5-7,9,13H2,1-4H3. The smallest absolute Gasteiger partial charge is 0.348 e. The van der Waals surface area contributed by atoms with Crippen LogP contribution < -0.4 is 0 Å². The van der Waals surface area contributed by atoms with E-state index in [1.807, 2.05) is 25.1 Å². The monoisotopic (exact) mass is 278 g/mol. The predicted octanol–water partition coefficient (Wildman–Crippen LogP) is 3.27. The maximum atomic E-state index is 11.8. The SMILES string of the molecule is CCCCC(CC)COC(=O)C(C#N)=CC=CN(C)C. The molecule has 4 heteroatoms. The van der Waals surface area contributed by atoms with Crippen LogP contribution in [0.1, 0.15) is 39.5 Å². The van der Waals surface area contributed by atoms with Gasteiger partial charge in [-0.2, -0.15) is 5.26 Å². The number of esters is 1. The van der Waals surface area contributed by atoms with Gasteiger partial charge in [0.05, 0.1) is 6.61 Å². The third kappa shape index (κ3) is 8.36. The first kappa shape index (κ1) is 18.2. The minimum atomic E-state index is -0.536. The lowest BCUT2D eigenvalue weighted by Gasteiger charge is -2.14. The Bertz CT molecular complexity index is 378. The number of hydrogen-bond donors (Lipinski definition) is 0. The number of carbonyl (C=O) groups excluding carboxylic acids is 1. The number of nitriles is 1. The van der Waals surface area contributed by atoms with Gasteiger partial charge < -0.3 is 9.64 Å². The number of unbranched alkanes of at least 4 members (excludes halogenated alkanes) is 1. The lowest BCUT2D eigenvalue weighted by atomic mass is 10.0. The molecule has 0 saturated heterocycles. The van der Waals surface area contributed by atoms with E-state index >= 15 is 0 Å². The van der Waals surface area contributed by atoms with Crippen molar-refractivity contribution in [2.24, 2.45) is 5.92 Å². The molecule has 4 nitrogen and oxygen atoms in total. The van der Waals surface area contributed by atoms with Crippen LogP contribution in [0.4, 0.5) is 0 Å². The lowest BCUT2D eigenvalue weighted by molar-refractivity contribution is -0.140. The van der Waals surface area contributed by atoms with E-state index in [9.17, 15) is 4.79 Å². The quantitative estimate of drug-likeness (QED) is 0.281. The second-order valence-corrected chi connectivity index (χ2v) is 5.01. The van der Waals surface area contributed by atoms with Crippen LogP contribution in [-0.2, 0) is 9.53 Å². The predicted molar refractivity (Wildman–Crippen MR) is 80.8 cm³/mol. The molecule has 0 radical (unpaired) electrons. The van der Waals surface area contributed by atoms with Crippen LogP contribution in [0, 0.1) is 17.2 Å². The molecule has 0 aromatic heterocycles. The Morgan fingerprint density at radius 3 is 2.60 bits per heavy atom. The molecular weight excluding hydrogens is 252 g/mol. The molecule has 0 aliphatic rings. The molecule has 0 aliphatic carbocycles. The van der Waals surface area contributed by atoms with E-state index < -0.39 is 5.97 Å². The van der Waals surface area contributed by atoms with Crippen molar-refractivity contribution in [3.63, 3.8) is 0 Å². The van der Waals surface area contributed by atoms with Crippen molar-refractivity contribution in [2.75, 3.05) is 20.7 Å². The van der Waals surface area contributed by atoms with E-state index in [4.69, 9.17) is 10.00 Å². The number of rotatable bonds is 9. The van der Waals surface area contributed by atoms with Crippen LogP contribution in [0.5, 0.6) is 0 Å². The summed E-state index contributed by atoms with van der Waals surface area (Å²) in [7, 11) is 3.74. The van der Waals surface area contributed by atoms with Crippen molar-refractivity contribution >= 4 is 5.97 Å². The highest BCUT2D eigenvalue weighted by Crippen LogP contribution is 2.13. The third-order valence-corrected chi connectivity index (χ3v) is 2.98. The summed E-state index contributed by atoms with van der Waals surface area (Å²) < 4.78 is 5.23. The number of hydrogen-bond acceptors (Lipinski definition) is 4. The van der Waals surface area contributed by atoms with Gasteiger partial charge in [-0.25, -0.2) is 4.79 Å². The van der Waals surface area contributed by atoms with Crippen LogP contribution >= 0.6 is 0 Å². The maximum absolute atomic E-state index is 11.8. The molecule has 0 spiro atoms. The summed E-state index contributed by atoms with van der Waals surface area (Å²) in [5.74, 6) is -0.151. The minimum absolute atomic E-state index is 0.0356. The Morgan fingerprint density at radius 1 is 1.40 bits per heavy atom. The minimum Gasteiger partial charge on any atom is -0.461 e. The molecule has 0 amide bonds. The Labute approximate surface area is 122 Å². The second kappa shape index (κ2) is 11.1. The van der Waals surface area contributed by atoms with Gasteiger partial charge >= 0.3 is 5.97 Å². The first-order valence-corrected chi connectivity index (χ1v) is 7.17. The topological polar surface area (TPSA) is 53.3 Å². The van der Waals surface area contributed by atoms with Gasteiger partial charge in [-0.1, -0.05) is 33.1 Å². The zero-order chi connectivity index (χ0) is 15.4.